The van der Waals surface area contributed by atoms with Gasteiger partial charge in [0, 0.05) is 0 Å². The van der Waals surface area contributed by atoms with Gasteiger partial charge in [0.2, 0.25) is 5.91 Å². The molecule has 0 unspecified atom stereocenters. The molecule has 0 radical (unpaired) electrons. The third-order valence-corrected chi connectivity index (χ3v) is 5.41. The number of tetrazole rings is 1. The van der Waals surface area contributed by atoms with E-state index in [0.717, 1.165) is 31.1 Å². The summed E-state index contributed by atoms with van der Waals surface area (Å²) in [6, 6.07) is 0. The molecule has 0 saturated heterocycles. The molecular weight excluding hydrogens is 242 g/mol. The van der Waals surface area contributed by atoms with Gasteiger partial charge < -0.3 is 0 Å². The quantitative estimate of drug-likeness (QED) is 0.849. The van der Waals surface area contributed by atoms with Gasteiger partial charge in [0.25, 0.3) is 5.95 Å². The molecule has 5 rings (SSSR count). The number of hydrogen-bond acceptors (Lipinski definition) is 4. The number of hydrogen-bond donors (Lipinski definition) is 2. The number of H-pyrrole nitrogens is 1. The molecule has 4 aliphatic carbocycles. The van der Waals surface area contributed by atoms with Crippen LogP contribution >= 0.6 is 0 Å². The summed E-state index contributed by atoms with van der Waals surface area (Å²) < 4.78 is 0. The lowest BCUT2D eigenvalue weighted by molar-refractivity contribution is -0.149. The van der Waals surface area contributed by atoms with Crippen LogP contribution in [0.5, 0.6) is 0 Å². The standard InChI is InChI=1S/C13H19N5O/c1-12-3-8-2-9(4-12)6-13(5-8,7-12)10(19)14-11-15-17-18-16-11/h8-9H,2-7H2,1H3,(H2,14,15,16,17,18,19)/t8-,9-,12?,13?/m1/s1. The topological polar surface area (TPSA) is 83.6 Å². The monoisotopic (exact) mass is 261 g/mol. The Morgan fingerprint density at radius 3 is 2.63 bits per heavy atom. The molecule has 4 saturated carbocycles. The fraction of sp³-hybridized carbons (Fsp3) is 0.846. The Morgan fingerprint density at radius 1 is 1.32 bits per heavy atom. The first-order chi connectivity index (χ1) is 9.07. The summed E-state index contributed by atoms with van der Waals surface area (Å²) in [6.07, 6.45) is 7.05. The second-order valence-electron chi connectivity index (χ2n) is 7.24. The average Bonchev–Trinajstić information content (AvgIpc) is 2.78. The lowest BCUT2D eigenvalue weighted by atomic mass is 9.44. The number of rotatable bonds is 2. The molecule has 4 bridgehead atoms. The fourth-order valence-corrected chi connectivity index (χ4v) is 5.43. The molecule has 6 nitrogen and oxygen atoms in total. The van der Waals surface area contributed by atoms with Crippen molar-refractivity contribution in [3.8, 4) is 0 Å². The van der Waals surface area contributed by atoms with Crippen molar-refractivity contribution >= 4 is 11.9 Å². The van der Waals surface area contributed by atoms with Crippen LogP contribution in [0.4, 0.5) is 5.95 Å². The van der Waals surface area contributed by atoms with E-state index >= 15 is 0 Å². The number of carbonyl (C=O) groups is 1. The molecular formula is C13H19N5O. The Hall–Kier alpha value is -1.46. The van der Waals surface area contributed by atoms with E-state index in [0.29, 0.717) is 11.4 Å². The largest absolute Gasteiger partial charge is 0.291 e. The summed E-state index contributed by atoms with van der Waals surface area (Å²) in [5.74, 6) is 1.88. The molecule has 4 fully saturated rings. The van der Waals surface area contributed by atoms with Crippen molar-refractivity contribution in [3.63, 3.8) is 0 Å². The Balaban J connectivity index is 1.61. The molecule has 1 amide bonds. The highest BCUT2D eigenvalue weighted by Crippen LogP contribution is 2.65. The summed E-state index contributed by atoms with van der Waals surface area (Å²) in [7, 11) is 0. The molecule has 4 aliphatic rings. The van der Waals surface area contributed by atoms with E-state index in [1.54, 1.807) is 0 Å². The summed E-state index contributed by atoms with van der Waals surface area (Å²) in [5.41, 5.74) is 0.193. The van der Waals surface area contributed by atoms with Gasteiger partial charge in [-0.15, -0.1) is 5.10 Å². The first-order valence-electron chi connectivity index (χ1n) is 7.12. The highest BCUT2D eigenvalue weighted by molar-refractivity contribution is 5.94. The first-order valence-corrected chi connectivity index (χ1v) is 7.12. The van der Waals surface area contributed by atoms with Crippen molar-refractivity contribution in [1.29, 1.82) is 0 Å². The Morgan fingerprint density at radius 2 is 2.05 bits per heavy atom. The van der Waals surface area contributed by atoms with Crippen molar-refractivity contribution in [3.05, 3.63) is 0 Å². The third-order valence-electron chi connectivity index (χ3n) is 5.41. The van der Waals surface area contributed by atoms with Crippen LogP contribution in [-0.4, -0.2) is 26.5 Å². The third kappa shape index (κ3) is 1.69. The maximum absolute atomic E-state index is 12.7. The van der Waals surface area contributed by atoms with Crippen LogP contribution in [0.2, 0.25) is 0 Å². The van der Waals surface area contributed by atoms with Crippen LogP contribution in [0, 0.1) is 22.7 Å². The van der Waals surface area contributed by atoms with Crippen molar-refractivity contribution in [1.82, 2.24) is 20.6 Å². The molecule has 102 valence electrons. The van der Waals surface area contributed by atoms with E-state index in [2.05, 4.69) is 32.9 Å². The zero-order valence-electron chi connectivity index (χ0n) is 11.1. The molecule has 19 heavy (non-hydrogen) atoms. The predicted octanol–water partition coefficient (Wildman–Crippen LogP) is 1.74. The second-order valence-corrected chi connectivity index (χ2v) is 7.24. The summed E-state index contributed by atoms with van der Waals surface area (Å²) in [5, 5.41) is 16.3. The van der Waals surface area contributed by atoms with Gasteiger partial charge in [-0.1, -0.05) is 12.0 Å². The van der Waals surface area contributed by atoms with Gasteiger partial charge in [-0.3, -0.25) is 10.1 Å². The van der Waals surface area contributed by atoms with E-state index < -0.39 is 0 Å². The van der Waals surface area contributed by atoms with Gasteiger partial charge in [-0.25, -0.2) is 0 Å². The Kier molecular flexibility index (Phi) is 2.13. The lowest BCUT2D eigenvalue weighted by Crippen LogP contribution is -2.55. The maximum Gasteiger partial charge on any atom is 0.269 e. The number of nitrogens with one attached hydrogen (secondary N) is 2. The molecule has 0 aromatic carbocycles. The number of nitrogens with zero attached hydrogens (tertiary/aromatic N) is 3. The van der Waals surface area contributed by atoms with Gasteiger partial charge in [-0.2, -0.15) is 5.21 Å². The zero-order valence-corrected chi connectivity index (χ0v) is 11.1. The average molecular weight is 261 g/mol. The smallest absolute Gasteiger partial charge is 0.269 e. The summed E-state index contributed by atoms with van der Waals surface area (Å²) in [4.78, 5) is 12.7. The van der Waals surface area contributed by atoms with Gasteiger partial charge in [0.15, 0.2) is 0 Å². The van der Waals surface area contributed by atoms with E-state index in [-0.39, 0.29) is 11.3 Å². The molecule has 2 N–H and O–H groups in total. The Bertz CT molecular complexity index is 497. The van der Waals surface area contributed by atoms with Crippen LogP contribution in [0.25, 0.3) is 0 Å². The number of carbonyl (C=O) groups excluding carboxylic acids is 1. The lowest BCUT2D eigenvalue weighted by Gasteiger charge is -2.60. The molecule has 1 heterocycles. The van der Waals surface area contributed by atoms with Crippen LogP contribution in [0.1, 0.15) is 45.4 Å². The van der Waals surface area contributed by atoms with Crippen molar-refractivity contribution in [2.45, 2.75) is 45.4 Å². The highest BCUT2D eigenvalue weighted by atomic mass is 16.2. The minimum Gasteiger partial charge on any atom is -0.291 e. The normalized spacial score (nSPS) is 43.4. The molecule has 0 spiro atoms. The number of aromatic nitrogens is 4. The molecule has 1 aromatic heterocycles. The van der Waals surface area contributed by atoms with Gasteiger partial charge in [0.05, 0.1) is 5.41 Å². The van der Waals surface area contributed by atoms with E-state index in [4.69, 9.17) is 0 Å². The highest BCUT2D eigenvalue weighted by Gasteiger charge is 2.58. The maximum atomic E-state index is 12.7. The fourth-order valence-electron chi connectivity index (χ4n) is 5.43. The summed E-state index contributed by atoms with van der Waals surface area (Å²) >= 11 is 0. The van der Waals surface area contributed by atoms with E-state index in [9.17, 15) is 4.79 Å². The van der Waals surface area contributed by atoms with Crippen molar-refractivity contribution in [2.75, 3.05) is 5.32 Å². The van der Waals surface area contributed by atoms with E-state index in [1.807, 2.05) is 0 Å². The number of aromatic amines is 1. The molecule has 1 aromatic rings. The Labute approximate surface area is 111 Å². The van der Waals surface area contributed by atoms with E-state index in [1.165, 1.54) is 19.3 Å². The van der Waals surface area contributed by atoms with Gasteiger partial charge in [0.1, 0.15) is 0 Å². The molecule has 6 heteroatoms. The predicted molar refractivity (Wildman–Crippen MR) is 68.0 cm³/mol. The van der Waals surface area contributed by atoms with Gasteiger partial charge >= 0.3 is 0 Å². The van der Waals surface area contributed by atoms with Crippen LogP contribution in [0.15, 0.2) is 0 Å². The zero-order chi connectivity index (χ0) is 13.1. The minimum atomic E-state index is -0.181. The molecule has 2 atom stereocenters. The second kappa shape index (κ2) is 3.55. The van der Waals surface area contributed by atoms with Gasteiger partial charge in [-0.05, 0) is 61.0 Å². The number of anilines is 1. The number of amides is 1. The van der Waals surface area contributed by atoms with Crippen LogP contribution in [-0.2, 0) is 4.79 Å². The van der Waals surface area contributed by atoms with Crippen LogP contribution < -0.4 is 5.32 Å². The van der Waals surface area contributed by atoms with Crippen molar-refractivity contribution in [2.24, 2.45) is 22.7 Å². The molecule has 0 aliphatic heterocycles. The summed E-state index contributed by atoms with van der Waals surface area (Å²) in [6.45, 7) is 2.36. The SMILES string of the molecule is CC12C[C@H]3C[C@H](C1)CC(C(=O)Nc1nn[nH]n1)(C3)C2. The van der Waals surface area contributed by atoms with Crippen molar-refractivity contribution < 1.29 is 4.79 Å². The van der Waals surface area contributed by atoms with Crippen LogP contribution in [0.3, 0.4) is 0 Å². The first kappa shape index (κ1) is 11.4. The minimum absolute atomic E-state index is 0.106.